The summed E-state index contributed by atoms with van der Waals surface area (Å²) in [5.41, 5.74) is 1.49. The van der Waals surface area contributed by atoms with Gasteiger partial charge in [0.1, 0.15) is 0 Å². The number of halogens is 12. The molecule has 2 aromatic carbocycles. The molecule has 2 aromatic rings. The van der Waals surface area contributed by atoms with Crippen LogP contribution in [0, 0.1) is 0 Å². The van der Waals surface area contributed by atoms with Crippen LogP contribution in [-0.4, -0.2) is 70.7 Å². The first-order chi connectivity index (χ1) is 11.9. The van der Waals surface area contributed by atoms with Crippen LogP contribution in [0.25, 0.3) is 10.8 Å². The molecule has 0 saturated carbocycles. The van der Waals surface area contributed by atoms with Crippen LogP contribution >= 0.6 is 0 Å². The average Bonchev–Trinajstić information content (AvgIpc) is 2.41. The Morgan fingerprint density at radius 3 is 1.22 bits per heavy atom. The van der Waals surface area contributed by atoms with Crippen LogP contribution in [0.3, 0.4) is 0 Å². The van der Waals surface area contributed by atoms with E-state index in [2.05, 4.69) is 42.5 Å². The molecule has 0 aliphatic rings. The van der Waals surface area contributed by atoms with E-state index < -0.39 is 21.8 Å². The standard InChI is InChI=1S/C11H9.3BF4.K/c1-9-6-7-10-4-2-3-5-11(10)8-9;3*2-1(3,4)5;/h2-8H,1H2;;;;/q;3*-1;. The van der Waals surface area contributed by atoms with Gasteiger partial charge in [-0.05, 0) is 0 Å². The second kappa shape index (κ2) is 13.0. The van der Waals surface area contributed by atoms with E-state index >= 15 is 0 Å². The first-order valence-corrected chi connectivity index (χ1v) is 9.20. The van der Waals surface area contributed by atoms with Crippen molar-refractivity contribution in [1.29, 1.82) is 0 Å². The maximum atomic E-state index is 9.75. The summed E-state index contributed by atoms with van der Waals surface area (Å²) in [4.78, 5) is 0. The van der Waals surface area contributed by atoms with E-state index in [1.54, 1.807) is 0 Å². The molecule has 0 atom stereocenters. The predicted octanol–water partition coefficient (Wildman–Crippen LogP) is 6.41. The van der Waals surface area contributed by atoms with Crippen molar-refractivity contribution in [3.63, 3.8) is 0 Å². The first-order valence-electron chi connectivity index (χ1n) is 6.99. The molecule has 150 valence electrons. The van der Waals surface area contributed by atoms with Crippen molar-refractivity contribution in [1.82, 2.24) is 0 Å². The van der Waals surface area contributed by atoms with E-state index in [1.807, 2.05) is 0 Å². The molecular formula is C11H9B3F12K-3. The third-order valence-electron chi connectivity index (χ3n) is 2.22. The monoisotopic (exact) mass is 441 g/mol. The fraction of sp³-hybridized carbons (Fsp3) is 0.0909. The van der Waals surface area contributed by atoms with E-state index in [0.29, 0.717) is 0 Å². The van der Waals surface area contributed by atoms with Crippen molar-refractivity contribution in [3.8, 4) is 0 Å². The summed E-state index contributed by atoms with van der Waals surface area (Å²) < 4.78 is 118. The molecule has 0 nitrogen and oxygen atoms in total. The molecule has 0 spiro atoms. The molecule has 0 amide bonds. The van der Waals surface area contributed by atoms with Crippen molar-refractivity contribution in [3.05, 3.63) is 48.0 Å². The summed E-state index contributed by atoms with van der Waals surface area (Å²) in [5.74, 6) is 0. The zero-order valence-corrected chi connectivity index (χ0v) is 16.6. The van der Waals surface area contributed by atoms with Crippen LogP contribution in [-0.2, 0) is 0.515 Å². The Hall–Kier alpha value is -0.309. The minimum atomic E-state index is -6.00. The van der Waals surface area contributed by atoms with E-state index in [-0.39, 0.29) is 0 Å². The van der Waals surface area contributed by atoms with Crippen LogP contribution in [0.5, 0.6) is 0 Å². The second-order valence-electron chi connectivity index (χ2n) is 4.52. The van der Waals surface area contributed by atoms with Crippen molar-refractivity contribution in [2.45, 2.75) is 0.515 Å². The number of benzene rings is 2. The molecule has 27 heavy (non-hydrogen) atoms. The van der Waals surface area contributed by atoms with Gasteiger partial charge in [-0.1, -0.05) is 0 Å². The molecular weight excluding hydrogens is 432 g/mol. The topological polar surface area (TPSA) is 0 Å². The Bertz CT molecular complexity index is 609. The number of fused-ring (bicyclic) bond motifs is 1. The van der Waals surface area contributed by atoms with Gasteiger partial charge in [0.25, 0.3) is 0 Å². The van der Waals surface area contributed by atoms with Gasteiger partial charge in [0, 0.05) is 0 Å². The molecule has 0 heterocycles. The number of hydrogen-bond acceptors (Lipinski definition) is 0. The molecule has 0 aliphatic carbocycles. The summed E-state index contributed by atoms with van der Waals surface area (Å²) in [5, 5.41) is 2.72. The summed E-state index contributed by atoms with van der Waals surface area (Å²) in [6, 6.07) is 15.3. The molecule has 0 unspecified atom stereocenters. The maximum absolute atomic E-state index is 9.75. The van der Waals surface area contributed by atoms with E-state index in [0.717, 1.165) is 49.0 Å². The second-order valence-corrected chi connectivity index (χ2v) is 5.62. The summed E-state index contributed by atoms with van der Waals surface area (Å²) in [7, 11) is -18.0. The third kappa shape index (κ3) is 30.6. The fourth-order valence-electron chi connectivity index (χ4n) is 1.46. The Balaban J connectivity index is 0. The van der Waals surface area contributed by atoms with Gasteiger partial charge in [-0.3, -0.25) is 0 Å². The molecule has 0 aliphatic heterocycles. The fourth-order valence-corrected chi connectivity index (χ4v) is 2.15. The number of hydrogen-bond donors (Lipinski definition) is 0. The van der Waals surface area contributed by atoms with Crippen LogP contribution in [0.15, 0.2) is 42.5 Å². The van der Waals surface area contributed by atoms with Crippen LogP contribution in [0.2, 0.25) is 0 Å². The molecule has 0 bridgehead atoms. The van der Waals surface area contributed by atoms with Crippen molar-refractivity contribution >= 4 is 81.5 Å². The van der Waals surface area contributed by atoms with Gasteiger partial charge in [-0.25, -0.2) is 0 Å². The first kappa shape index (κ1) is 28.9. The van der Waals surface area contributed by atoms with Gasteiger partial charge >= 0.3 is 130 Å². The Labute approximate surface area is 180 Å². The predicted molar refractivity (Wildman–Crippen MR) is 84.0 cm³/mol. The third-order valence-corrected chi connectivity index (χ3v) is 3.50. The van der Waals surface area contributed by atoms with Crippen molar-refractivity contribution in [2.24, 2.45) is 0 Å². The molecule has 0 radical (unpaired) electrons. The Morgan fingerprint density at radius 1 is 0.556 bits per heavy atom. The van der Waals surface area contributed by atoms with Gasteiger partial charge in [-0.2, -0.15) is 0 Å². The van der Waals surface area contributed by atoms with Gasteiger partial charge in [0.05, 0.1) is 0 Å². The normalized spacial score (nSPS) is 11.3. The molecule has 0 saturated heterocycles. The quantitative estimate of drug-likeness (QED) is 0.355. The van der Waals surface area contributed by atoms with Gasteiger partial charge < -0.3 is 51.8 Å². The molecule has 0 N–H and O–H groups in total. The van der Waals surface area contributed by atoms with Crippen molar-refractivity contribution < 1.29 is 51.8 Å². The SMILES string of the molecule is F[B-](F)(F)F.F[B-](F)(F)F.F[B-](F)(F)F.[K][CH2]c1ccc2ccccc2c1. The molecule has 0 fully saturated rings. The number of rotatable bonds is 1. The summed E-state index contributed by atoms with van der Waals surface area (Å²) in [6.07, 6.45) is 0. The molecule has 16 heteroatoms. The Morgan fingerprint density at radius 2 is 0.889 bits per heavy atom. The summed E-state index contributed by atoms with van der Waals surface area (Å²) in [6.45, 7) is 0. The molecule has 2 rings (SSSR count). The Kier molecular flexibility index (Phi) is 13.9. The van der Waals surface area contributed by atoms with Gasteiger partial charge in [-0.15, -0.1) is 0 Å². The van der Waals surface area contributed by atoms with Crippen LogP contribution in [0.1, 0.15) is 5.56 Å². The van der Waals surface area contributed by atoms with Crippen LogP contribution in [0.4, 0.5) is 51.8 Å². The van der Waals surface area contributed by atoms with Crippen molar-refractivity contribution in [2.75, 3.05) is 0 Å². The molecule has 0 aromatic heterocycles. The van der Waals surface area contributed by atoms with E-state index in [4.69, 9.17) is 0 Å². The van der Waals surface area contributed by atoms with E-state index in [1.165, 1.54) is 16.9 Å². The average molecular weight is 441 g/mol. The zero-order chi connectivity index (χ0) is 21.9. The minimum absolute atomic E-state index is 0.926. The van der Waals surface area contributed by atoms with Gasteiger partial charge in [0.2, 0.25) is 0 Å². The zero-order valence-electron chi connectivity index (χ0n) is 13.5. The summed E-state index contributed by atoms with van der Waals surface area (Å²) >= 11 is 0.926. The van der Waals surface area contributed by atoms with Gasteiger partial charge in [0.15, 0.2) is 0 Å². The van der Waals surface area contributed by atoms with Crippen LogP contribution < -0.4 is 0 Å². The van der Waals surface area contributed by atoms with E-state index in [9.17, 15) is 51.8 Å².